The molecule has 27 heavy (non-hydrogen) atoms. The maximum Gasteiger partial charge on any atom is 0.266 e. The van der Waals surface area contributed by atoms with Gasteiger partial charge in [0.05, 0.1) is 19.1 Å². The molecule has 0 N–H and O–H groups in total. The minimum absolute atomic E-state index is 0.160. The molecule has 1 heterocycles. The van der Waals surface area contributed by atoms with Crippen LogP contribution in [0.25, 0.3) is 6.08 Å². The van der Waals surface area contributed by atoms with Gasteiger partial charge in [0.25, 0.3) is 5.91 Å². The van der Waals surface area contributed by atoms with E-state index in [0.29, 0.717) is 28.1 Å². The normalized spacial score (nSPS) is 17.0. The van der Waals surface area contributed by atoms with Gasteiger partial charge in [0.2, 0.25) is 0 Å². The first-order valence-electron chi connectivity index (χ1n) is 8.34. The third-order valence-electron chi connectivity index (χ3n) is 3.98. The zero-order chi connectivity index (χ0) is 19.4. The summed E-state index contributed by atoms with van der Waals surface area (Å²) in [5, 5.41) is 0.458. The molecular formula is C20H19FN2O3S. The number of likely N-dealkylation sites (N-methyl/N-ethyl adjacent to an activating group) is 1. The predicted molar refractivity (Wildman–Crippen MR) is 106 cm³/mol. The summed E-state index contributed by atoms with van der Waals surface area (Å²) >= 11 is 1.22. The van der Waals surface area contributed by atoms with Crippen LogP contribution in [0.5, 0.6) is 11.5 Å². The first kappa shape index (κ1) is 19.0. The molecule has 0 unspecified atom stereocenters. The molecule has 1 aliphatic heterocycles. The summed E-state index contributed by atoms with van der Waals surface area (Å²) in [7, 11) is 3.12. The van der Waals surface area contributed by atoms with Gasteiger partial charge in [0.15, 0.2) is 16.7 Å². The summed E-state index contributed by atoms with van der Waals surface area (Å²) in [6, 6.07) is 11.6. The fourth-order valence-electron chi connectivity index (χ4n) is 2.61. The van der Waals surface area contributed by atoms with E-state index in [0.717, 1.165) is 5.56 Å². The van der Waals surface area contributed by atoms with E-state index in [9.17, 15) is 9.18 Å². The molecule has 5 nitrogen and oxygen atoms in total. The van der Waals surface area contributed by atoms with Crippen molar-refractivity contribution in [3.05, 3.63) is 58.8 Å². The molecule has 0 radical (unpaired) electrons. The average Bonchev–Trinajstić information content (AvgIpc) is 2.97. The number of aliphatic imine (C=N–C) groups is 1. The second-order valence-corrected chi connectivity index (χ2v) is 6.63. The Morgan fingerprint density at radius 2 is 1.89 bits per heavy atom. The Labute approximate surface area is 161 Å². The molecule has 2 aromatic rings. The van der Waals surface area contributed by atoms with Crippen LogP contribution in [-0.4, -0.2) is 36.7 Å². The number of benzene rings is 2. The third kappa shape index (κ3) is 3.98. The summed E-state index contributed by atoms with van der Waals surface area (Å²) in [4.78, 5) is 19.1. The third-order valence-corrected chi connectivity index (χ3v) is 4.98. The van der Waals surface area contributed by atoms with Crippen LogP contribution in [0.2, 0.25) is 0 Å². The number of hydrogen-bond acceptors (Lipinski definition) is 5. The number of ether oxygens (including phenoxy) is 2. The van der Waals surface area contributed by atoms with E-state index in [1.165, 1.54) is 22.7 Å². The van der Waals surface area contributed by atoms with Crippen molar-refractivity contribution in [3.8, 4) is 11.5 Å². The predicted octanol–water partition coefficient (Wildman–Crippen LogP) is 4.47. The number of methoxy groups -OCH3 is 2. The number of para-hydroxylation sites is 1. The lowest BCUT2D eigenvalue weighted by atomic mass is 10.2. The van der Waals surface area contributed by atoms with E-state index in [2.05, 4.69) is 4.99 Å². The van der Waals surface area contributed by atoms with Crippen LogP contribution in [0.4, 0.5) is 10.1 Å². The van der Waals surface area contributed by atoms with Crippen molar-refractivity contribution >= 4 is 34.6 Å². The molecule has 0 saturated carbocycles. The Morgan fingerprint density at radius 1 is 1.15 bits per heavy atom. The van der Waals surface area contributed by atoms with E-state index in [-0.39, 0.29) is 11.6 Å². The van der Waals surface area contributed by atoms with Gasteiger partial charge in [0.1, 0.15) is 11.5 Å². The second kappa shape index (κ2) is 8.26. The van der Waals surface area contributed by atoms with E-state index >= 15 is 0 Å². The molecule has 0 atom stereocenters. The lowest BCUT2D eigenvalue weighted by Crippen LogP contribution is -2.28. The van der Waals surface area contributed by atoms with Crippen molar-refractivity contribution in [2.45, 2.75) is 6.92 Å². The summed E-state index contributed by atoms with van der Waals surface area (Å²) in [5.74, 6) is 0.607. The van der Waals surface area contributed by atoms with Crippen LogP contribution in [0.3, 0.4) is 0 Å². The van der Waals surface area contributed by atoms with Crippen molar-refractivity contribution in [2.24, 2.45) is 4.99 Å². The van der Waals surface area contributed by atoms with E-state index in [4.69, 9.17) is 9.47 Å². The highest BCUT2D eigenvalue weighted by Crippen LogP contribution is 2.36. The number of thioether (sulfide) groups is 1. The van der Waals surface area contributed by atoms with Crippen LogP contribution < -0.4 is 9.47 Å². The van der Waals surface area contributed by atoms with Gasteiger partial charge in [-0.25, -0.2) is 9.38 Å². The number of hydrogen-bond donors (Lipinski definition) is 0. The van der Waals surface area contributed by atoms with Crippen LogP contribution in [0.1, 0.15) is 12.5 Å². The SMILES string of the molecule is CCN1C(=O)/C(=C\c2ccc(OC)c(OC)c2)SC1=Nc1ccccc1F. The summed E-state index contributed by atoms with van der Waals surface area (Å²) in [6.45, 7) is 2.30. The maximum absolute atomic E-state index is 13.9. The van der Waals surface area contributed by atoms with Crippen molar-refractivity contribution in [1.82, 2.24) is 4.90 Å². The van der Waals surface area contributed by atoms with Crippen LogP contribution >= 0.6 is 11.8 Å². The Bertz CT molecular complexity index is 927. The van der Waals surface area contributed by atoms with Crippen molar-refractivity contribution in [1.29, 1.82) is 0 Å². The van der Waals surface area contributed by atoms with Crippen molar-refractivity contribution < 1.29 is 18.7 Å². The fraction of sp³-hybridized carbons (Fsp3) is 0.200. The highest BCUT2D eigenvalue weighted by atomic mass is 32.2. The van der Waals surface area contributed by atoms with E-state index in [1.807, 2.05) is 13.0 Å². The number of halogens is 1. The summed E-state index contributed by atoms with van der Waals surface area (Å²) in [6.07, 6.45) is 1.77. The quantitative estimate of drug-likeness (QED) is 0.712. The lowest BCUT2D eigenvalue weighted by Gasteiger charge is -2.12. The van der Waals surface area contributed by atoms with Gasteiger partial charge in [-0.05, 0) is 54.6 Å². The average molecular weight is 386 g/mol. The molecule has 2 aromatic carbocycles. The van der Waals surface area contributed by atoms with E-state index in [1.54, 1.807) is 50.6 Å². The monoisotopic (exact) mass is 386 g/mol. The number of rotatable bonds is 5. The molecule has 7 heteroatoms. The Hall–Kier alpha value is -2.80. The molecule has 140 valence electrons. The molecule has 1 aliphatic rings. The molecule has 0 aromatic heterocycles. The molecule has 1 saturated heterocycles. The molecule has 0 spiro atoms. The van der Waals surface area contributed by atoms with Gasteiger partial charge in [-0.15, -0.1) is 0 Å². The molecule has 3 rings (SSSR count). The largest absolute Gasteiger partial charge is 0.493 e. The Balaban J connectivity index is 1.95. The lowest BCUT2D eigenvalue weighted by molar-refractivity contribution is -0.122. The zero-order valence-electron chi connectivity index (χ0n) is 15.2. The molecule has 0 aliphatic carbocycles. The van der Waals surface area contributed by atoms with Crippen LogP contribution in [-0.2, 0) is 4.79 Å². The summed E-state index contributed by atoms with van der Waals surface area (Å²) < 4.78 is 24.4. The van der Waals surface area contributed by atoms with Gasteiger partial charge in [0, 0.05) is 6.54 Å². The fourth-order valence-corrected chi connectivity index (χ4v) is 3.67. The standard InChI is InChI=1S/C20H19FN2O3S/c1-4-23-19(24)18(12-13-9-10-16(25-2)17(11-13)26-3)27-20(23)22-15-8-6-5-7-14(15)21/h5-12H,4H2,1-3H3/b18-12+,22-20?. The number of carbonyl (C=O) groups is 1. The maximum atomic E-state index is 13.9. The van der Waals surface area contributed by atoms with Gasteiger partial charge in [-0.2, -0.15) is 0 Å². The smallest absolute Gasteiger partial charge is 0.266 e. The Morgan fingerprint density at radius 3 is 2.56 bits per heavy atom. The van der Waals surface area contributed by atoms with Crippen LogP contribution in [0, 0.1) is 5.82 Å². The summed E-state index contributed by atoms with van der Waals surface area (Å²) in [5.41, 5.74) is 1.00. The first-order valence-corrected chi connectivity index (χ1v) is 9.15. The van der Waals surface area contributed by atoms with E-state index < -0.39 is 5.82 Å². The number of carbonyl (C=O) groups excluding carboxylic acids is 1. The van der Waals surface area contributed by atoms with Gasteiger partial charge >= 0.3 is 0 Å². The number of amidine groups is 1. The highest BCUT2D eigenvalue weighted by molar-refractivity contribution is 8.18. The minimum atomic E-state index is -0.425. The first-order chi connectivity index (χ1) is 13.1. The highest BCUT2D eigenvalue weighted by Gasteiger charge is 2.32. The second-order valence-electron chi connectivity index (χ2n) is 5.62. The van der Waals surface area contributed by atoms with Crippen molar-refractivity contribution in [2.75, 3.05) is 20.8 Å². The number of nitrogens with zero attached hydrogens (tertiary/aromatic N) is 2. The number of amides is 1. The Kier molecular flexibility index (Phi) is 5.81. The molecule has 0 bridgehead atoms. The van der Waals surface area contributed by atoms with Gasteiger partial charge in [-0.1, -0.05) is 18.2 Å². The van der Waals surface area contributed by atoms with Gasteiger partial charge in [-0.3, -0.25) is 9.69 Å². The zero-order valence-corrected chi connectivity index (χ0v) is 16.0. The molecule has 1 amide bonds. The van der Waals surface area contributed by atoms with Gasteiger partial charge < -0.3 is 9.47 Å². The molecule has 1 fully saturated rings. The van der Waals surface area contributed by atoms with Crippen LogP contribution in [0.15, 0.2) is 52.4 Å². The minimum Gasteiger partial charge on any atom is -0.493 e. The topological polar surface area (TPSA) is 51.1 Å². The van der Waals surface area contributed by atoms with Crippen molar-refractivity contribution in [3.63, 3.8) is 0 Å². The molecular weight excluding hydrogens is 367 g/mol.